The molecule has 0 unspecified atom stereocenters. The van der Waals surface area contributed by atoms with Gasteiger partial charge in [0.1, 0.15) is 17.6 Å². The first-order valence-corrected chi connectivity index (χ1v) is 11.5. The molecule has 0 radical (unpaired) electrons. The van der Waals surface area contributed by atoms with Crippen molar-refractivity contribution >= 4 is 34.9 Å². The van der Waals surface area contributed by atoms with Crippen LogP contribution in [-0.2, 0) is 14.4 Å². The van der Waals surface area contributed by atoms with E-state index in [1.54, 1.807) is 6.92 Å². The van der Waals surface area contributed by atoms with Gasteiger partial charge in [0.05, 0.1) is 5.02 Å². The Morgan fingerprint density at radius 1 is 1.10 bits per heavy atom. The molecule has 1 aliphatic rings. The number of carbonyl (C=O) groups is 3. The molecule has 0 saturated carbocycles. The monoisotopic (exact) mass is 453 g/mol. The number of halogens is 2. The Morgan fingerprint density at radius 3 is 2.52 bits per heavy atom. The molecule has 1 aromatic carbocycles. The molecule has 1 aromatic rings. The van der Waals surface area contributed by atoms with Crippen molar-refractivity contribution in [2.75, 3.05) is 25.0 Å². The third kappa shape index (κ3) is 9.78. The summed E-state index contributed by atoms with van der Waals surface area (Å²) in [6.45, 7) is 4.27. The quantitative estimate of drug-likeness (QED) is 0.462. The van der Waals surface area contributed by atoms with E-state index in [-0.39, 0.29) is 22.6 Å². The van der Waals surface area contributed by atoms with Gasteiger partial charge >= 0.3 is 0 Å². The number of anilines is 1. The summed E-state index contributed by atoms with van der Waals surface area (Å²) in [5.41, 5.74) is 0.376. The Balaban J connectivity index is 1.90. The molecule has 2 amide bonds. The molecule has 1 atom stereocenters. The van der Waals surface area contributed by atoms with Crippen molar-refractivity contribution in [1.82, 2.24) is 10.2 Å². The summed E-state index contributed by atoms with van der Waals surface area (Å²) >= 11 is 5.79. The highest BCUT2D eigenvalue weighted by molar-refractivity contribution is 6.31. The Hall–Kier alpha value is -1.99. The number of nitrogens with one attached hydrogen (secondary N) is 2. The molecule has 2 N–H and O–H groups in total. The second-order valence-electron chi connectivity index (χ2n) is 8.19. The fraction of sp³-hybridized carbons (Fsp3) is 0.609. The smallest absolute Gasteiger partial charge is 0.246 e. The third-order valence-electron chi connectivity index (χ3n) is 5.46. The van der Waals surface area contributed by atoms with Gasteiger partial charge in [-0.25, -0.2) is 4.39 Å². The van der Waals surface area contributed by atoms with Crippen LogP contribution in [0.15, 0.2) is 18.2 Å². The van der Waals surface area contributed by atoms with Gasteiger partial charge in [-0.15, -0.1) is 0 Å². The zero-order chi connectivity index (χ0) is 22.6. The first-order chi connectivity index (χ1) is 14.8. The fourth-order valence-electron chi connectivity index (χ4n) is 3.68. The number of hydrogen-bond acceptors (Lipinski definition) is 4. The van der Waals surface area contributed by atoms with E-state index < -0.39 is 11.9 Å². The number of ketones is 1. The molecule has 0 aliphatic carbocycles. The van der Waals surface area contributed by atoms with Gasteiger partial charge in [-0.05, 0) is 63.9 Å². The lowest BCUT2D eigenvalue weighted by atomic mass is 10.0. The van der Waals surface area contributed by atoms with Crippen molar-refractivity contribution in [3.05, 3.63) is 29.0 Å². The zero-order valence-corrected chi connectivity index (χ0v) is 19.0. The van der Waals surface area contributed by atoms with Crippen LogP contribution in [0.4, 0.5) is 10.1 Å². The van der Waals surface area contributed by atoms with Crippen molar-refractivity contribution in [3.63, 3.8) is 0 Å². The molecule has 1 aliphatic heterocycles. The van der Waals surface area contributed by atoms with E-state index in [0.717, 1.165) is 38.8 Å². The van der Waals surface area contributed by atoms with Gasteiger partial charge in [0.15, 0.2) is 0 Å². The number of rotatable bonds is 12. The zero-order valence-electron chi connectivity index (χ0n) is 18.2. The maximum Gasteiger partial charge on any atom is 0.246 e. The van der Waals surface area contributed by atoms with Crippen LogP contribution < -0.4 is 10.6 Å². The van der Waals surface area contributed by atoms with Crippen LogP contribution in [0, 0.1) is 5.82 Å². The van der Waals surface area contributed by atoms with Crippen molar-refractivity contribution in [3.8, 4) is 0 Å². The molecule has 8 heteroatoms. The number of hydrogen-bond donors (Lipinski definition) is 2. The minimum absolute atomic E-state index is 0.0795. The topological polar surface area (TPSA) is 78.5 Å². The largest absolute Gasteiger partial charge is 0.344 e. The Labute approximate surface area is 188 Å². The van der Waals surface area contributed by atoms with Gasteiger partial charge in [-0.1, -0.05) is 30.9 Å². The maximum absolute atomic E-state index is 13.4. The first kappa shape index (κ1) is 25.3. The van der Waals surface area contributed by atoms with E-state index >= 15 is 0 Å². The average Bonchev–Trinajstić information content (AvgIpc) is 2.74. The SMILES string of the molecule is CC(=O)CCCCC[C@H](NC(=O)CCN1CCCCC1)C(=O)Nc1ccc(F)c(Cl)c1. The standard InChI is InChI=1S/C23H33ClFN3O3/c1-17(29)8-4-2-5-9-21(23(31)26-18-10-11-20(25)19(24)16-18)27-22(30)12-15-28-13-6-3-7-14-28/h10-11,16,21H,2-9,12-15H2,1H3,(H,26,31)(H,27,30)/t21-/m0/s1. The van der Waals surface area contributed by atoms with E-state index in [2.05, 4.69) is 15.5 Å². The van der Waals surface area contributed by atoms with Crippen molar-refractivity contribution in [2.24, 2.45) is 0 Å². The average molecular weight is 454 g/mol. The van der Waals surface area contributed by atoms with Crippen LogP contribution in [0.2, 0.25) is 5.02 Å². The minimum Gasteiger partial charge on any atom is -0.344 e. The Morgan fingerprint density at radius 2 is 1.84 bits per heavy atom. The minimum atomic E-state index is -0.699. The van der Waals surface area contributed by atoms with Crippen LogP contribution in [0.5, 0.6) is 0 Å². The van der Waals surface area contributed by atoms with Gasteiger partial charge in [0, 0.05) is 25.1 Å². The van der Waals surface area contributed by atoms with E-state index in [1.165, 1.54) is 24.6 Å². The summed E-state index contributed by atoms with van der Waals surface area (Å²) in [5, 5.41) is 5.48. The number of benzene rings is 1. The summed E-state index contributed by atoms with van der Waals surface area (Å²) in [4.78, 5) is 38.7. The predicted octanol–water partition coefficient (Wildman–Crippen LogP) is 4.32. The van der Waals surface area contributed by atoms with Gasteiger partial charge < -0.3 is 20.3 Å². The molecule has 1 saturated heterocycles. The fourth-order valence-corrected chi connectivity index (χ4v) is 3.86. The number of nitrogens with zero attached hydrogens (tertiary/aromatic N) is 1. The van der Waals surface area contributed by atoms with E-state index in [1.807, 2.05) is 0 Å². The molecule has 0 bridgehead atoms. The summed E-state index contributed by atoms with van der Waals surface area (Å²) in [7, 11) is 0. The molecule has 6 nitrogen and oxygen atoms in total. The van der Waals surface area contributed by atoms with Crippen molar-refractivity contribution < 1.29 is 18.8 Å². The number of likely N-dealkylation sites (tertiary alicyclic amines) is 1. The second-order valence-corrected chi connectivity index (χ2v) is 8.60. The van der Waals surface area contributed by atoms with Crippen LogP contribution in [0.25, 0.3) is 0 Å². The normalized spacial score (nSPS) is 15.3. The molecular formula is C23H33ClFN3O3. The highest BCUT2D eigenvalue weighted by Crippen LogP contribution is 2.20. The molecule has 172 valence electrons. The molecule has 2 rings (SSSR count). The summed E-state index contributed by atoms with van der Waals surface area (Å²) in [6, 6.07) is 3.26. The van der Waals surface area contributed by atoms with E-state index in [4.69, 9.17) is 11.6 Å². The highest BCUT2D eigenvalue weighted by Gasteiger charge is 2.21. The van der Waals surface area contributed by atoms with Crippen molar-refractivity contribution in [2.45, 2.75) is 70.8 Å². The number of piperidine rings is 1. The second kappa shape index (κ2) is 13.4. The van der Waals surface area contributed by atoms with Crippen LogP contribution in [0.3, 0.4) is 0 Å². The van der Waals surface area contributed by atoms with Gasteiger partial charge in [0.2, 0.25) is 11.8 Å². The molecule has 31 heavy (non-hydrogen) atoms. The summed E-state index contributed by atoms with van der Waals surface area (Å²) in [5.74, 6) is -0.937. The molecule has 0 aromatic heterocycles. The highest BCUT2D eigenvalue weighted by atomic mass is 35.5. The lowest BCUT2D eigenvalue weighted by Crippen LogP contribution is -2.45. The number of amides is 2. The molecular weight excluding hydrogens is 421 g/mol. The van der Waals surface area contributed by atoms with E-state index in [0.29, 0.717) is 37.9 Å². The van der Waals surface area contributed by atoms with Gasteiger partial charge in [-0.2, -0.15) is 0 Å². The van der Waals surface area contributed by atoms with Crippen LogP contribution >= 0.6 is 11.6 Å². The van der Waals surface area contributed by atoms with Gasteiger partial charge in [-0.3, -0.25) is 9.59 Å². The third-order valence-corrected chi connectivity index (χ3v) is 5.75. The van der Waals surface area contributed by atoms with Gasteiger partial charge in [0.25, 0.3) is 0 Å². The lowest BCUT2D eigenvalue weighted by molar-refractivity contribution is -0.126. The number of carbonyl (C=O) groups excluding carboxylic acids is 3. The Bertz CT molecular complexity index is 754. The molecule has 1 fully saturated rings. The lowest BCUT2D eigenvalue weighted by Gasteiger charge is -2.26. The number of Topliss-reactive ketones (excluding diaryl/α,β-unsaturated/α-hetero) is 1. The molecule has 0 spiro atoms. The van der Waals surface area contributed by atoms with Crippen molar-refractivity contribution in [1.29, 1.82) is 0 Å². The first-order valence-electron chi connectivity index (χ1n) is 11.1. The van der Waals surface area contributed by atoms with Crippen LogP contribution in [0.1, 0.15) is 64.7 Å². The molecule has 1 heterocycles. The summed E-state index contributed by atoms with van der Waals surface area (Å²) < 4.78 is 13.4. The predicted molar refractivity (Wildman–Crippen MR) is 121 cm³/mol. The summed E-state index contributed by atoms with van der Waals surface area (Å²) in [6.07, 6.45) is 7.16. The Kier molecular flexibility index (Phi) is 10.9. The maximum atomic E-state index is 13.4. The number of unbranched alkanes of at least 4 members (excludes halogenated alkanes) is 2. The van der Waals surface area contributed by atoms with E-state index in [9.17, 15) is 18.8 Å². The van der Waals surface area contributed by atoms with Crippen LogP contribution in [-0.4, -0.2) is 48.2 Å².